The van der Waals surface area contributed by atoms with Crippen LogP contribution in [0.2, 0.25) is 0 Å². The highest BCUT2D eigenvalue weighted by molar-refractivity contribution is 7.15. The largest absolute Gasteiger partial charge is 0.381 e. The zero-order chi connectivity index (χ0) is 12.6. The van der Waals surface area contributed by atoms with Crippen molar-refractivity contribution in [1.29, 1.82) is 0 Å². The molecule has 0 saturated carbocycles. The second kappa shape index (κ2) is 4.36. The van der Waals surface area contributed by atoms with Crippen molar-refractivity contribution in [2.75, 3.05) is 5.73 Å². The molecule has 2 aromatic rings. The molecule has 0 saturated heterocycles. The van der Waals surface area contributed by atoms with E-state index in [1.54, 1.807) is 17.5 Å². The third-order valence-corrected chi connectivity index (χ3v) is 4.42. The smallest absolute Gasteiger partial charge is 0.180 e. The van der Waals surface area contributed by atoms with Gasteiger partial charge in [0.1, 0.15) is 6.10 Å². The molecule has 3 N–H and O–H groups in total. The first-order valence-electron chi connectivity index (χ1n) is 5.23. The minimum absolute atomic E-state index is 0.00929. The number of nitrogens with zero attached hydrogens (tertiary/aromatic N) is 2. The third kappa shape index (κ3) is 2.65. The molecule has 1 unspecified atom stereocenters. The molecule has 0 spiro atoms. The van der Waals surface area contributed by atoms with Gasteiger partial charge < -0.3 is 10.8 Å². The lowest BCUT2D eigenvalue weighted by Crippen LogP contribution is -2.11. The first-order chi connectivity index (χ1) is 7.88. The second-order valence-electron chi connectivity index (χ2n) is 4.83. The fourth-order valence-corrected chi connectivity index (χ4v) is 2.94. The number of nitrogens with two attached hydrogens (primary N) is 1. The minimum Gasteiger partial charge on any atom is -0.381 e. The predicted octanol–water partition coefficient (Wildman–Crippen LogP) is 2.56. The van der Waals surface area contributed by atoms with Crippen LogP contribution in [0, 0.1) is 0 Å². The number of hydrogen-bond acceptors (Lipinski definition) is 6. The molecule has 0 bridgehead atoms. The maximum absolute atomic E-state index is 10.1. The molecule has 6 heteroatoms. The summed E-state index contributed by atoms with van der Waals surface area (Å²) in [5.41, 5.74) is 6.23. The van der Waals surface area contributed by atoms with Crippen LogP contribution in [0.4, 0.5) is 5.13 Å². The quantitative estimate of drug-likeness (QED) is 0.879. The molecule has 1 atom stereocenters. The van der Waals surface area contributed by atoms with Crippen molar-refractivity contribution < 1.29 is 5.11 Å². The Bertz CT molecular complexity index is 513. The van der Waals surface area contributed by atoms with Crippen molar-refractivity contribution in [1.82, 2.24) is 9.97 Å². The van der Waals surface area contributed by atoms with Crippen molar-refractivity contribution in [3.8, 4) is 0 Å². The van der Waals surface area contributed by atoms with Crippen LogP contribution in [0.3, 0.4) is 0 Å². The number of anilines is 1. The van der Waals surface area contributed by atoms with Gasteiger partial charge in [0.05, 0.1) is 15.6 Å². The van der Waals surface area contributed by atoms with Crippen LogP contribution >= 0.6 is 22.7 Å². The summed E-state index contributed by atoms with van der Waals surface area (Å²) in [5.74, 6) is 0. The van der Waals surface area contributed by atoms with E-state index < -0.39 is 6.10 Å². The Morgan fingerprint density at radius 2 is 2.12 bits per heavy atom. The molecule has 4 nitrogen and oxygen atoms in total. The van der Waals surface area contributed by atoms with Crippen molar-refractivity contribution in [2.45, 2.75) is 32.3 Å². The van der Waals surface area contributed by atoms with Crippen LogP contribution in [0.25, 0.3) is 0 Å². The van der Waals surface area contributed by atoms with Gasteiger partial charge in [-0.05, 0) is 0 Å². The highest BCUT2D eigenvalue weighted by atomic mass is 32.1. The van der Waals surface area contributed by atoms with Gasteiger partial charge in [-0.2, -0.15) is 0 Å². The molecule has 2 heterocycles. The Labute approximate surface area is 108 Å². The van der Waals surface area contributed by atoms with Gasteiger partial charge in [-0.15, -0.1) is 11.3 Å². The lowest BCUT2D eigenvalue weighted by molar-refractivity contribution is 0.219. The summed E-state index contributed by atoms with van der Waals surface area (Å²) in [6, 6.07) is 0. The molecule has 17 heavy (non-hydrogen) atoms. The number of aromatic nitrogens is 2. The summed E-state index contributed by atoms with van der Waals surface area (Å²) in [5, 5.41) is 13.5. The van der Waals surface area contributed by atoms with Gasteiger partial charge in [0.2, 0.25) is 0 Å². The summed E-state index contributed by atoms with van der Waals surface area (Å²) in [7, 11) is 0. The first kappa shape index (κ1) is 12.5. The van der Waals surface area contributed by atoms with E-state index in [4.69, 9.17) is 5.73 Å². The monoisotopic (exact) mass is 269 g/mol. The molecule has 0 fully saturated rings. The topological polar surface area (TPSA) is 72.0 Å². The summed E-state index contributed by atoms with van der Waals surface area (Å²) < 4.78 is 0. The maximum atomic E-state index is 10.1. The average molecular weight is 269 g/mol. The molecule has 0 aromatic carbocycles. The van der Waals surface area contributed by atoms with Gasteiger partial charge in [-0.25, -0.2) is 9.97 Å². The molecule has 0 aliphatic rings. The van der Waals surface area contributed by atoms with E-state index in [-0.39, 0.29) is 5.41 Å². The van der Waals surface area contributed by atoms with Crippen LogP contribution in [-0.4, -0.2) is 15.1 Å². The minimum atomic E-state index is -0.725. The van der Waals surface area contributed by atoms with Crippen molar-refractivity contribution in [3.63, 3.8) is 0 Å². The maximum Gasteiger partial charge on any atom is 0.180 e. The van der Waals surface area contributed by atoms with E-state index in [0.717, 1.165) is 9.88 Å². The molecule has 0 amide bonds. The van der Waals surface area contributed by atoms with Crippen LogP contribution in [-0.2, 0) is 5.41 Å². The molecule has 0 aliphatic carbocycles. The standard InChI is InChI=1S/C11H15N3OS2/c1-11(2,3)9-14-6(5-16-9)8(15)7-4-13-10(12)17-7/h4-5,8,15H,1-3H3,(H2,12,13). The number of aliphatic hydroxyl groups excluding tert-OH is 1. The van der Waals surface area contributed by atoms with Crippen LogP contribution in [0.15, 0.2) is 11.6 Å². The molecular weight excluding hydrogens is 254 g/mol. The van der Waals surface area contributed by atoms with Gasteiger partial charge in [-0.1, -0.05) is 32.1 Å². The summed E-state index contributed by atoms with van der Waals surface area (Å²) >= 11 is 2.86. The normalized spacial score (nSPS) is 13.9. The fourth-order valence-electron chi connectivity index (χ4n) is 1.33. The van der Waals surface area contributed by atoms with Crippen molar-refractivity contribution >= 4 is 27.8 Å². The van der Waals surface area contributed by atoms with E-state index in [0.29, 0.717) is 10.8 Å². The second-order valence-corrected chi connectivity index (χ2v) is 6.78. The van der Waals surface area contributed by atoms with Crippen LogP contribution < -0.4 is 5.73 Å². The van der Waals surface area contributed by atoms with Gasteiger partial charge in [-0.3, -0.25) is 0 Å². The lowest BCUT2D eigenvalue weighted by atomic mass is 9.98. The highest BCUT2D eigenvalue weighted by Gasteiger charge is 2.22. The van der Waals surface area contributed by atoms with E-state index in [1.165, 1.54) is 11.3 Å². The van der Waals surface area contributed by atoms with Crippen molar-refractivity contribution in [2.24, 2.45) is 0 Å². The van der Waals surface area contributed by atoms with Gasteiger partial charge in [0.25, 0.3) is 0 Å². The number of hydrogen-bond donors (Lipinski definition) is 2. The number of rotatable bonds is 2. The zero-order valence-corrected chi connectivity index (χ0v) is 11.6. The Balaban J connectivity index is 2.26. The van der Waals surface area contributed by atoms with E-state index in [9.17, 15) is 5.11 Å². The highest BCUT2D eigenvalue weighted by Crippen LogP contribution is 2.32. The van der Waals surface area contributed by atoms with E-state index >= 15 is 0 Å². The van der Waals surface area contributed by atoms with Crippen molar-refractivity contribution in [3.05, 3.63) is 27.2 Å². The Kier molecular flexibility index (Phi) is 3.20. The first-order valence-corrected chi connectivity index (χ1v) is 6.92. The molecule has 0 radical (unpaired) electrons. The average Bonchev–Trinajstić information content (AvgIpc) is 2.83. The fraction of sp³-hybridized carbons (Fsp3) is 0.455. The van der Waals surface area contributed by atoms with Gasteiger partial charge in [0.15, 0.2) is 5.13 Å². The van der Waals surface area contributed by atoms with E-state index in [2.05, 4.69) is 30.7 Å². The summed E-state index contributed by atoms with van der Waals surface area (Å²) in [4.78, 5) is 9.13. The molecule has 0 aliphatic heterocycles. The Hall–Kier alpha value is -0.980. The summed E-state index contributed by atoms with van der Waals surface area (Å²) in [6.45, 7) is 6.31. The Morgan fingerprint density at radius 3 is 2.59 bits per heavy atom. The Morgan fingerprint density at radius 1 is 1.41 bits per heavy atom. The predicted molar refractivity (Wildman–Crippen MR) is 71.4 cm³/mol. The third-order valence-electron chi connectivity index (χ3n) is 2.25. The van der Waals surface area contributed by atoms with Gasteiger partial charge in [0, 0.05) is 17.0 Å². The molecule has 2 rings (SSSR count). The number of aliphatic hydroxyl groups is 1. The van der Waals surface area contributed by atoms with Crippen LogP contribution in [0.5, 0.6) is 0 Å². The number of thiazole rings is 2. The van der Waals surface area contributed by atoms with Gasteiger partial charge >= 0.3 is 0 Å². The lowest BCUT2D eigenvalue weighted by Gasteiger charge is -2.13. The van der Waals surface area contributed by atoms with E-state index in [1.807, 2.05) is 5.38 Å². The molecule has 92 valence electrons. The van der Waals surface area contributed by atoms with Crippen LogP contribution in [0.1, 0.15) is 42.5 Å². The summed E-state index contributed by atoms with van der Waals surface area (Å²) in [6.07, 6.45) is 0.873. The number of nitrogen functional groups attached to an aromatic ring is 1. The zero-order valence-electron chi connectivity index (χ0n) is 9.97. The molecule has 2 aromatic heterocycles. The SMILES string of the molecule is CC(C)(C)c1nc(C(O)c2cnc(N)s2)cs1. The molecular formula is C11H15N3OS2.